The van der Waals surface area contributed by atoms with Crippen LogP contribution in [0, 0.1) is 0 Å². The average molecular weight is 254 g/mol. The molecule has 4 nitrogen and oxygen atoms in total. The number of benzene rings is 1. The minimum absolute atomic E-state index is 0.209. The molecule has 2 rings (SSSR count). The summed E-state index contributed by atoms with van der Waals surface area (Å²) >= 11 is 0. The van der Waals surface area contributed by atoms with Crippen LogP contribution in [0.3, 0.4) is 0 Å². The van der Waals surface area contributed by atoms with Gasteiger partial charge in [0.05, 0.1) is 19.0 Å². The van der Waals surface area contributed by atoms with Gasteiger partial charge in [0.1, 0.15) is 5.75 Å². The molecule has 4 heteroatoms. The molecular formula is C15H14N2O2. The molecule has 0 fully saturated rings. The van der Waals surface area contributed by atoms with Gasteiger partial charge in [0.15, 0.2) is 0 Å². The molecule has 0 aliphatic carbocycles. The van der Waals surface area contributed by atoms with Gasteiger partial charge in [0.2, 0.25) is 5.91 Å². The Hall–Kier alpha value is -2.62. The van der Waals surface area contributed by atoms with Gasteiger partial charge < -0.3 is 10.1 Å². The van der Waals surface area contributed by atoms with E-state index in [1.54, 1.807) is 37.7 Å². The molecule has 0 aliphatic heterocycles. The van der Waals surface area contributed by atoms with Crippen LogP contribution in [0.5, 0.6) is 5.75 Å². The fourth-order valence-corrected chi connectivity index (χ4v) is 1.59. The molecule has 0 unspecified atom stereocenters. The molecule has 1 aromatic heterocycles. The van der Waals surface area contributed by atoms with Crippen LogP contribution in [0.25, 0.3) is 6.08 Å². The molecular weight excluding hydrogens is 240 g/mol. The second-order valence-electron chi connectivity index (χ2n) is 3.81. The van der Waals surface area contributed by atoms with Crippen molar-refractivity contribution in [3.05, 3.63) is 60.4 Å². The number of rotatable bonds is 4. The van der Waals surface area contributed by atoms with Crippen molar-refractivity contribution in [2.45, 2.75) is 0 Å². The van der Waals surface area contributed by atoms with E-state index < -0.39 is 0 Å². The lowest BCUT2D eigenvalue weighted by Gasteiger charge is -2.03. The van der Waals surface area contributed by atoms with Crippen LogP contribution < -0.4 is 10.1 Å². The third-order valence-electron chi connectivity index (χ3n) is 2.48. The maximum atomic E-state index is 11.7. The summed E-state index contributed by atoms with van der Waals surface area (Å²) in [4.78, 5) is 15.6. The molecule has 0 bridgehead atoms. The first-order valence-electron chi connectivity index (χ1n) is 5.81. The second kappa shape index (κ2) is 6.35. The Morgan fingerprint density at radius 2 is 2.11 bits per heavy atom. The van der Waals surface area contributed by atoms with Gasteiger partial charge in [-0.05, 0) is 24.3 Å². The van der Waals surface area contributed by atoms with Crippen molar-refractivity contribution in [3.8, 4) is 5.75 Å². The molecule has 2 aromatic rings. The first-order valence-corrected chi connectivity index (χ1v) is 5.81. The fourth-order valence-electron chi connectivity index (χ4n) is 1.59. The topological polar surface area (TPSA) is 51.2 Å². The van der Waals surface area contributed by atoms with Gasteiger partial charge in [-0.25, -0.2) is 0 Å². The van der Waals surface area contributed by atoms with E-state index in [1.807, 2.05) is 24.3 Å². The summed E-state index contributed by atoms with van der Waals surface area (Å²) < 4.78 is 5.20. The number of hydrogen-bond acceptors (Lipinski definition) is 3. The molecule has 0 radical (unpaired) electrons. The Labute approximate surface area is 111 Å². The number of para-hydroxylation sites is 1. The summed E-state index contributed by atoms with van der Waals surface area (Å²) in [5, 5.41) is 2.72. The number of ether oxygens (including phenoxy) is 1. The lowest BCUT2D eigenvalue weighted by molar-refractivity contribution is -0.111. The summed E-state index contributed by atoms with van der Waals surface area (Å²) in [5.41, 5.74) is 1.52. The summed E-state index contributed by atoms with van der Waals surface area (Å²) in [6.45, 7) is 0. The number of methoxy groups -OCH3 is 1. The van der Waals surface area contributed by atoms with Gasteiger partial charge in [-0.2, -0.15) is 0 Å². The van der Waals surface area contributed by atoms with E-state index in [0.29, 0.717) is 5.69 Å². The molecule has 0 atom stereocenters. The molecule has 0 saturated carbocycles. The van der Waals surface area contributed by atoms with Crippen LogP contribution in [-0.4, -0.2) is 18.0 Å². The number of pyridine rings is 1. The van der Waals surface area contributed by atoms with E-state index in [4.69, 9.17) is 4.74 Å². The minimum atomic E-state index is -0.209. The Kier molecular flexibility index (Phi) is 4.29. The van der Waals surface area contributed by atoms with Crippen molar-refractivity contribution < 1.29 is 9.53 Å². The summed E-state index contributed by atoms with van der Waals surface area (Å²) in [5.74, 6) is 0.520. The maximum Gasteiger partial charge on any atom is 0.248 e. The van der Waals surface area contributed by atoms with Gasteiger partial charge in [0.25, 0.3) is 0 Å². The smallest absolute Gasteiger partial charge is 0.248 e. The highest BCUT2D eigenvalue weighted by molar-refractivity contribution is 6.01. The van der Waals surface area contributed by atoms with Gasteiger partial charge in [-0.1, -0.05) is 18.2 Å². The summed E-state index contributed by atoms with van der Waals surface area (Å²) in [7, 11) is 1.60. The van der Waals surface area contributed by atoms with Crippen LogP contribution in [0.15, 0.2) is 54.9 Å². The van der Waals surface area contributed by atoms with Gasteiger partial charge in [-0.3, -0.25) is 9.78 Å². The zero-order valence-corrected chi connectivity index (χ0v) is 10.5. The maximum absolute atomic E-state index is 11.7. The number of aromatic nitrogens is 1. The molecule has 0 aliphatic rings. The number of nitrogens with zero attached hydrogens (tertiary/aromatic N) is 1. The Bertz CT molecular complexity index is 580. The van der Waals surface area contributed by atoms with E-state index in [2.05, 4.69) is 10.3 Å². The third-order valence-corrected chi connectivity index (χ3v) is 2.48. The van der Waals surface area contributed by atoms with Crippen molar-refractivity contribution in [1.29, 1.82) is 0 Å². The molecule has 0 saturated heterocycles. The zero-order chi connectivity index (χ0) is 13.5. The molecule has 1 aromatic carbocycles. The van der Waals surface area contributed by atoms with E-state index in [-0.39, 0.29) is 5.91 Å². The van der Waals surface area contributed by atoms with Gasteiger partial charge >= 0.3 is 0 Å². The third kappa shape index (κ3) is 3.67. The highest BCUT2D eigenvalue weighted by Crippen LogP contribution is 2.18. The number of anilines is 1. The first-order chi connectivity index (χ1) is 9.29. The number of hydrogen-bond donors (Lipinski definition) is 1. The van der Waals surface area contributed by atoms with Crippen molar-refractivity contribution in [2.75, 3.05) is 12.4 Å². The molecule has 96 valence electrons. The van der Waals surface area contributed by atoms with E-state index in [1.165, 1.54) is 6.08 Å². The highest BCUT2D eigenvalue weighted by atomic mass is 16.5. The van der Waals surface area contributed by atoms with Crippen LogP contribution in [0.1, 0.15) is 5.56 Å². The average Bonchev–Trinajstić information content (AvgIpc) is 2.46. The van der Waals surface area contributed by atoms with E-state index >= 15 is 0 Å². The van der Waals surface area contributed by atoms with Gasteiger partial charge in [-0.15, -0.1) is 0 Å². The van der Waals surface area contributed by atoms with Crippen LogP contribution in [0.4, 0.5) is 5.69 Å². The largest absolute Gasteiger partial charge is 0.496 e. The number of carbonyl (C=O) groups is 1. The van der Waals surface area contributed by atoms with Gasteiger partial charge in [0, 0.05) is 17.8 Å². The molecule has 19 heavy (non-hydrogen) atoms. The molecule has 1 amide bonds. The normalized spacial score (nSPS) is 10.4. The van der Waals surface area contributed by atoms with Crippen LogP contribution in [0.2, 0.25) is 0 Å². The Morgan fingerprint density at radius 3 is 2.84 bits per heavy atom. The van der Waals surface area contributed by atoms with Crippen molar-refractivity contribution >= 4 is 17.7 Å². The van der Waals surface area contributed by atoms with E-state index in [0.717, 1.165) is 11.3 Å². The van der Waals surface area contributed by atoms with Crippen molar-refractivity contribution in [1.82, 2.24) is 4.98 Å². The number of carbonyl (C=O) groups excluding carboxylic acids is 1. The van der Waals surface area contributed by atoms with Crippen molar-refractivity contribution in [3.63, 3.8) is 0 Å². The monoisotopic (exact) mass is 254 g/mol. The SMILES string of the molecule is COc1ccccc1C=CC(=O)Nc1cccnc1. The first kappa shape index (κ1) is 12.8. The summed E-state index contributed by atoms with van der Waals surface area (Å²) in [6.07, 6.45) is 6.42. The Morgan fingerprint density at radius 1 is 1.26 bits per heavy atom. The Balaban J connectivity index is 2.04. The predicted molar refractivity (Wildman–Crippen MR) is 74.9 cm³/mol. The quantitative estimate of drug-likeness (QED) is 0.853. The minimum Gasteiger partial charge on any atom is -0.496 e. The summed E-state index contributed by atoms with van der Waals surface area (Å²) in [6, 6.07) is 11.0. The molecule has 1 N–H and O–H groups in total. The zero-order valence-electron chi connectivity index (χ0n) is 10.5. The van der Waals surface area contributed by atoms with E-state index in [9.17, 15) is 4.79 Å². The predicted octanol–water partition coefficient (Wildman–Crippen LogP) is 2.74. The fraction of sp³-hybridized carbons (Fsp3) is 0.0667. The number of nitrogens with one attached hydrogen (secondary N) is 1. The lowest BCUT2D eigenvalue weighted by Crippen LogP contribution is -2.07. The second-order valence-corrected chi connectivity index (χ2v) is 3.81. The number of amides is 1. The van der Waals surface area contributed by atoms with Crippen molar-refractivity contribution in [2.24, 2.45) is 0 Å². The standard InChI is InChI=1S/C15H14N2O2/c1-19-14-7-3-2-5-12(14)8-9-15(18)17-13-6-4-10-16-11-13/h2-11H,1H3,(H,17,18). The van der Waals surface area contributed by atoms with Crippen LogP contribution >= 0.6 is 0 Å². The highest BCUT2D eigenvalue weighted by Gasteiger charge is 2.00. The lowest BCUT2D eigenvalue weighted by atomic mass is 10.2. The van der Waals surface area contributed by atoms with Crippen LogP contribution in [-0.2, 0) is 4.79 Å². The molecule has 1 heterocycles. The molecule has 0 spiro atoms.